The molecule has 0 radical (unpaired) electrons. The van der Waals surface area contributed by atoms with Crippen LogP contribution in [0.3, 0.4) is 0 Å². The molecular weight excluding hydrogens is 263 g/mol. The van der Waals surface area contributed by atoms with Crippen molar-refractivity contribution < 1.29 is 9.50 Å². The van der Waals surface area contributed by atoms with Crippen molar-refractivity contribution in [3.05, 3.63) is 39.1 Å². The average Bonchev–Trinajstić information content (AvgIpc) is 2.68. The molecule has 0 fully saturated rings. The first-order chi connectivity index (χ1) is 8.06. The lowest BCUT2D eigenvalue weighted by molar-refractivity contribution is 0.432. The fourth-order valence-corrected chi connectivity index (χ4v) is 2.32. The van der Waals surface area contributed by atoms with E-state index in [1.165, 1.54) is 23.5 Å². The van der Waals surface area contributed by atoms with Gasteiger partial charge in [-0.05, 0) is 18.6 Å². The van der Waals surface area contributed by atoms with E-state index in [0.29, 0.717) is 16.7 Å². The van der Waals surface area contributed by atoms with Crippen LogP contribution in [0.2, 0.25) is 4.47 Å². The van der Waals surface area contributed by atoms with Crippen molar-refractivity contribution in [2.75, 3.05) is 5.32 Å². The zero-order chi connectivity index (χ0) is 12.4. The minimum atomic E-state index is -0.617. The van der Waals surface area contributed by atoms with Crippen LogP contribution in [0.25, 0.3) is 0 Å². The van der Waals surface area contributed by atoms with Crippen molar-refractivity contribution in [2.45, 2.75) is 13.5 Å². The van der Waals surface area contributed by atoms with Crippen LogP contribution in [0.1, 0.15) is 10.4 Å². The highest BCUT2D eigenvalue weighted by molar-refractivity contribution is 7.15. The number of thiazole rings is 1. The van der Waals surface area contributed by atoms with Crippen LogP contribution in [-0.4, -0.2) is 10.1 Å². The van der Waals surface area contributed by atoms with E-state index < -0.39 is 5.82 Å². The smallest absolute Gasteiger partial charge is 0.183 e. The molecule has 0 atom stereocenters. The second-order valence-corrected chi connectivity index (χ2v) is 5.25. The maximum Gasteiger partial charge on any atom is 0.183 e. The summed E-state index contributed by atoms with van der Waals surface area (Å²) in [5, 5.41) is 12.4. The van der Waals surface area contributed by atoms with Crippen LogP contribution in [0.15, 0.2) is 18.3 Å². The maximum atomic E-state index is 13.0. The lowest BCUT2D eigenvalue weighted by Gasteiger charge is -2.09. The van der Waals surface area contributed by atoms with Gasteiger partial charge >= 0.3 is 0 Å². The van der Waals surface area contributed by atoms with Gasteiger partial charge in [0.15, 0.2) is 16.0 Å². The normalized spacial score (nSPS) is 10.5. The highest BCUT2D eigenvalue weighted by Crippen LogP contribution is 2.26. The Labute approximate surface area is 107 Å². The molecule has 2 aromatic rings. The monoisotopic (exact) mass is 272 g/mol. The largest absolute Gasteiger partial charge is 0.505 e. The van der Waals surface area contributed by atoms with Crippen molar-refractivity contribution in [3.8, 4) is 5.75 Å². The summed E-state index contributed by atoms with van der Waals surface area (Å²) < 4.78 is 13.5. The molecular formula is C11H10ClFN2OS. The van der Waals surface area contributed by atoms with Crippen molar-refractivity contribution in [1.82, 2.24) is 4.98 Å². The molecule has 17 heavy (non-hydrogen) atoms. The van der Waals surface area contributed by atoms with Crippen molar-refractivity contribution in [1.29, 1.82) is 0 Å². The molecule has 0 unspecified atom stereocenters. The molecule has 6 heteroatoms. The van der Waals surface area contributed by atoms with Gasteiger partial charge in [0.1, 0.15) is 0 Å². The van der Waals surface area contributed by atoms with E-state index >= 15 is 0 Å². The average molecular weight is 273 g/mol. The lowest BCUT2D eigenvalue weighted by atomic mass is 10.2. The molecule has 1 aromatic carbocycles. The molecule has 1 heterocycles. The topological polar surface area (TPSA) is 45.1 Å². The van der Waals surface area contributed by atoms with E-state index in [1.807, 2.05) is 0 Å². The SMILES string of the molecule is Cc1cc(F)c(O)cc1NCc1cnc(Cl)s1. The summed E-state index contributed by atoms with van der Waals surface area (Å²) in [6.07, 6.45) is 1.68. The Morgan fingerprint density at radius 2 is 2.29 bits per heavy atom. The van der Waals surface area contributed by atoms with Crippen LogP contribution in [0.5, 0.6) is 5.75 Å². The Kier molecular flexibility index (Phi) is 3.49. The van der Waals surface area contributed by atoms with E-state index in [9.17, 15) is 9.50 Å². The number of rotatable bonds is 3. The number of hydrogen-bond acceptors (Lipinski definition) is 4. The fraction of sp³-hybridized carbons (Fsp3) is 0.182. The number of halogens is 2. The Balaban J connectivity index is 2.11. The number of nitrogens with one attached hydrogen (secondary N) is 1. The highest BCUT2D eigenvalue weighted by atomic mass is 35.5. The summed E-state index contributed by atoms with van der Waals surface area (Å²) in [5.74, 6) is -0.977. The van der Waals surface area contributed by atoms with Gasteiger partial charge < -0.3 is 10.4 Å². The number of hydrogen-bond donors (Lipinski definition) is 2. The first-order valence-corrected chi connectivity index (χ1v) is 6.09. The van der Waals surface area contributed by atoms with Gasteiger partial charge in [0.25, 0.3) is 0 Å². The Morgan fingerprint density at radius 3 is 2.94 bits per heavy atom. The van der Waals surface area contributed by atoms with E-state index in [-0.39, 0.29) is 5.75 Å². The first-order valence-electron chi connectivity index (χ1n) is 4.89. The maximum absolute atomic E-state index is 13.0. The zero-order valence-electron chi connectivity index (χ0n) is 9.00. The molecule has 0 aliphatic heterocycles. The van der Waals surface area contributed by atoms with Gasteiger partial charge in [0.2, 0.25) is 0 Å². The molecule has 0 saturated heterocycles. The second kappa shape index (κ2) is 4.89. The van der Waals surface area contributed by atoms with Crippen molar-refractivity contribution in [2.24, 2.45) is 0 Å². The Morgan fingerprint density at radius 1 is 1.53 bits per heavy atom. The third-order valence-corrected chi connectivity index (χ3v) is 3.39. The van der Waals surface area contributed by atoms with Crippen LogP contribution in [-0.2, 0) is 6.54 Å². The molecule has 0 bridgehead atoms. The molecule has 2 N–H and O–H groups in total. The van der Waals surface area contributed by atoms with Gasteiger partial charge in [-0.1, -0.05) is 11.6 Å². The molecule has 2 rings (SSSR count). The van der Waals surface area contributed by atoms with Gasteiger partial charge in [-0.3, -0.25) is 0 Å². The summed E-state index contributed by atoms with van der Waals surface area (Å²) >= 11 is 7.08. The number of aromatic hydroxyl groups is 1. The summed E-state index contributed by atoms with van der Waals surface area (Å²) in [4.78, 5) is 4.89. The van der Waals surface area contributed by atoms with Gasteiger partial charge in [-0.25, -0.2) is 9.37 Å². The third kappa shape index (κ3) is 2.87. The molecule has 1 aromatic heterocycles. The number of phenols is 1. The number of phenolic OH excluding ortho intramolecular Hbond substituents is 1. The predicted octanol–water partition coefficient (Wildman–Crippen LogP) is 3.56. The van der Waals surface area contributed by atoms with E-state index in [4.69, 9.17) is 11.6 Å². The lowest BCUT2D eigenvalue weighted by Crippen LogP contribution is -1.99. The Hall–Kier alpha value is -1.33. The summed E-state index contributed by atoms with van der Waals surface area (Å²) in [6, 6.07) is 2.66. The second-order valence-electron chi connectivity index (χ2n) is 3.55. The van der Waals surface area contributed by atoms with E-state index in [0.717, 1.165) is 10.4 Å². The zero-order valence-corrected chi connectivity index (χ0v) is 10.6. The van der Waals surface area contributed by atoms with Gasteiger partial charge in [0.05, 0.1) is 6.54 Å². The number of aromatic nitrogens is 1. The van der Waals surface area contributed by atoms with Crippen molar-refractivity contribution in [3.63, 3.8) is 0 Å². The highest BCUT2D eigenvalue weighted by Gasteiger charge is 2.06. The predicted molar refractivity (Wildman–Crippen MR) is 67.3 cm³/mol. The van der Waals surface area contributed by atoms with Gasteiger partial charge in [-0.2, -0.15) is 0 Å². The number of aryl methyl sites for hydroxylation is 1. The number of benzene rings is 1. The first kappa shape index (κ1) is 12.1. The van der Waals surface area contributed by atoms with E-state index in [1.54, 1.807) is 13.1 Å². The number of nitrogens with zero attached hydrogens (tertiary/aromatic N) is 1. The molecule has 90 valence electrons. The minimum absolute atomic E-state index is 0.361. The third-order valence-electron chi connectivity index (χ3n) is 2.27. The van der Waals surface area contributed by atoms with Gasteiger partial charge in [-0.15, -0.1) is 11.3 Å². The fourth-order valence-electron chi connectivity index (χ4n) is 1.40. The number of anilines is 1. The molecule has 0 aliphatic rings. The quantitative estimate of drug-likeness (QED) is 0.898. The Bertz CT molecular complexity index is 544. The van der Waals surface area contributed by atoms with E-state index in [2.05, 4.69) is 10.3 Å². The van der Waals surface area contributed by atoms with Crippen LogP contribution >= 0.6 is 22.9 Å². The summed E-state index contributed by atoms with van der Waals surface area (Å²) in [5.41, 5.74) is 1.42. The minimum Gasteiger partial charge on any atom is -0.505 e. The molecule has 0 amide bonds. The van der Waals surface area contributed by atoms with Crippen LogP contribution in [0.4, 0.5) is 10.1 Å². The van der Waals surface area contributed by atoms with Crippen molar-refractivity contribution >= 4 is 28.6 Å². The molecule has 3 nitrogen and oxygen atoms in total. The van der Waals surface area contributed by atoms with Crippen LogP contribution in [0, 0.1) is 12.7 Å². The molecule has 0 spiro atoms. The molecule has 0 aliphatic carbocycles. The van der Waals surface area contributed by atoms with Crippen LogP contribution < -0.4 is 5.32 Å². The van der Waals surface area contributed by atoms with Gasteiger partial charge in [0, 0.05) is 22.8 Å². The standard InChI is InChI=1S/C11H10ClFN2OS/c1-6-2-8(13)10(16)3-9(6)14-4-7-5-15-11(12)17-7/h2-3,5,14,16H,4H2,1H3. The molecule has 0 saturated carbocycles. The summed E-state index contributed by atoms with van der Waals surface area (Å²) in [6.45, 7) is 2.31. The summed E-state index contributed by atoms with van der Waals surface area (Å²) in [7, 11) is 0.